The van der Waals surface area contributed by atoms with Crippen molar-refractivity contribution in [3.63, 3.8) is 0 Å². The lowest BCUT2D eigenvalue weighted by atomic mass is 9.97. The predicted molar refractivity (Wildman–Crippen MR) is 78.6 cm³/mol. The molecule has 0 unspecified atom stereocenters. The van der Waals surface area contributed by atoms with Crippen molar-refractivity contribution in [3.05, 3.63) is 70.5 Å². The molecule has 0 spiro atoms. The fourth-order valence-electron chi connectivity index (χ4n) is 2.54. The summed E-state index contributed by atoms with van der Waals surface area (Å²) in [6, 6.07) is 6.36. The maximum absolute atomic E-state index is 14.3. The van der Waals surface area contributed by atoms with E-state index in [-0.39, 0.29) is 16.5 Å². The van der Waals surface area contributed by atoms with Crippen LogP contribution in [0.1, 0.15) is 11.1 Å². The van der Waals surface area contributed by atoms with Crippen LogP contribution in [0.2, 0.25) is 0 Å². The van der Waals surface area contributed by atoms with Crippen molar-refractivity contribution < 1.29 is 22.0 Å². The van der Waals surface area contributed by atoms with E-state index in [9.17, 15) is 22.0 Å². The van der Waals surface area contributed by atoms with Crippen LogP contribution in [0.15, 0.2) is 30.3 Å². The molecule has 0 amide bonds. The minimum absolute atomic E-state index is 0.0505. The van der Waals surface area contributed by atoms with Gasteiger partial charge < -0.3 is 0 Å². The number of fused-ring (bicyclic) bond motifs is 1. The highest BCUT2D eigenvalue weighted by molar-refractivity contribution is 5.89. The molecule has 0 N–H and O–H groups in total. The van der Waals surface area contributed by atoms with Crippen LogP contribution in [-0.2, 0) is 0 Å². The van der Waals surface area contributed by atoms with Gasteiger partial charge in [-0.15, -0.1) is 0 Å². The first kappa shape index (κ1) is 15.5. The highest BCUT2D eigenvalue weighted by Crippen LogP contribution is 2.35. The lowest BCUT2D eigenvalue weighted by Gasteiger charge is -2.11. The van der Waals surface area contributed by atoms with Crippen LogP contribution < -0.4 is 0 Å². The first-order chi connectivity index (χ1) is 10.8. The van der Waals surface area contributed by atoms with Crippen LogP contribution in [-0.4, -0.2) is 0 Å². The Morgan fingerprint density at radius 1 is 0.565 bits per heavy atom. The molecule has 0 heterocycles. The molecule has 0 bridgehead atoms. The first-order valence-corrected chi connectivity index (χ1v) is 6.84. The Morgan fingerprint density at radius 2 is 1.13 bits per heavy atom. The zero-order valence-electron chi connectivity index (χ0n) is 12.3. The summed E-state index contributed by atoms with van der Waals surface area (Å²) >= 11 is 0. The lowest BCUT2D eigenvalue weighted by molar-refractivity contribution is 0.499. The Balaban J connectivity index is 2.39. The Morgan fingerprint density at radius 3 is 1.83 bits per heavy atom. The third kappa shape index (κ3) is 2.27. The molecule has 0 fully saturated rings. The summed E-state index contributed by atoms with van der Waals surface area (Å²) < 4.78 is 70.4. The normalized spacial score (nSPS) is 11.3. The Kier molecular flexibility index (Phi) is 3.59. The van der Waals surface area contributed by atoms with E-state index in [0.717, 1.165) is 6.07 Å². The maximum Gasteiger partial charge on any atom is 0.170 e. The summed E-state index contributed by atoms with van der Waals surface area (Å²) in [5.41, 5.74) is -0.646. The van der Waals surface area contributed by atoms with E-state index in [1.54, 1.807) is 0 Å². The van der Waals surface area contributed by atoms with Gasteiger partial charge in [0.15, 0.2) is 23.3 Å². The van der Waals surface area contributed by atoms with E-state index in [1.165, 1.54) is 38.1 Å². The van der Waals surface area contributed by atoms with Gasteiger partial charge in [0.2, 0.25) is 0 Å². The molecule has 3 rings (SSSR count). The summed E-state index contributed by atoms with van der Waals surface area (Å²) in [6.45, 7) is 2.78. The van der Waals surface area contributed by atoms with Gasteiger partial charge in [0.25, 0.3) is 0 Å². The molecular weight excluding hydrogens is 311 g/mol. The van der Waals surface area contributed by atoms with Crippen LogP contribution in [0, 0.1) is 42.9 Å². The SMILES string of the molecule is Cc1ccc(-c2cc3ccc(C)c(F)c3c(F)c2F)c(F)c1F. The van der Waals surface area contributed by atoms with Gasteiger partial charge in [0, 0.05) is 11.1 Å². The zero-order valence-corrected chi connectivity index (χ0v) is 12.3. The molecule has 0 aliphatic rings. The van der Waals surface area contributed by atoms with Gasteiger partial charge >= 0.3 is 0 Å². The summed E-state index contributed by atoms with van der Waals surface area (Å²) in [5, 5.41) is -0.429. The number of halogens is 5. The number of benzene rings is 3. The Labute approximate surface area is 129 Å². The number of rotatable bonds is 1. The Hall–Kier alpha value is -2.43. The fourth-order valence-corrected chi connectivity index (χ4v) is 2.54. The van der Waals surface area contributed by atoms with Gasteiger partial charge in [-0.05, 0) is 36.4 Å². The fraction of sp³-hybridized carbons (Fsp3) is 0.111. The second-order valence-corrected chi connectivity index (χ2v) is 5.40. The second kappa shape index (κ2) is 5.33. The molecule has 0 atom stereocenters. The van der Waals surface area contributed by atoms with Crippen molar-refractivity contribution >= 4 is 10.8 Å². The van der Waals surface area contributed by atoms with Gasteiger partial charge in [-0.1, -0.05) is 24.3 Å². The number of hydrogen-bond acceptors (Lipinski definition) is 0. The van der Waals surface area contributed by atoms with Gasteiger partial charge in [-0.25, -0.2) is 22.0 Å². The zero-order chi connectivity index (χ0) is 16.9. The topological polar surface area (TPSA) is 0 Å². The van der Waals surface area contributed by atoms with Crippen molar-refractivity contribution in [3.8, 4) is 11.1 Å². The summed E-state index contributed by atoms with van der Waals surface area (Å²) in [5.74, 6) is -6.10. The van der Waals surface area contributed by atoms with Gasteiger partial charge in [0.1, 0.15) is 5.82 Å². The van der Waals surface area contributed by atoms with Crippen molar-refractivity contribution in [1.82, 2.24) is 0 Å². The molecular formula is C18H11F5. The molecule has 0 nitrogen and oxygen atoms in total. The minimum Gasteiger partial charge on any atom is -0.206 e. The molecule has 0 aliphatic heterocycles. The van der Waals surface area contributed by atoms with Crippen LogP contribution in [0.4, 0.5) is 22.0 Å². The van der Waals surface area contributed by atoms with E-state index in [0.29, 0.717) is 0 Å². The van der Waals surface area contributed by atoms with Gasteiger partial charge in [-0.3, -0.25) is 0 Å². The lowest BCUT2D eigenvalue weighted by Crippen LogP contribution is -1.99. The van der Waals surface area contributed by atoms with E-state index in [2.05, 4.69) is 0 Å². The Bertz CT molecular complexity index is 944. The first-order valence-electron chi connectivity index (χ1n) is 6.84. The molecule has 5 heteroatoms. The van der Waals surface area contributed by atoms with Crippen molar-refractivity contribution in [2.75, 3.05) is 0 Å². The third-order valence-corrected chi connectivity index (χ3v) is 3.88. The summed E-state index contributed by atoms with van der Waals surface area (Å²) in [7, 11) is 0. The van der Waals surface area contributed by atoms with Crippen molar-refractivity contribution in [1.29, 1.82) is 0 Å². The highest BCUT2D eigenvalue weighted by atomic mass is 19.2. The summed E-state index contributed by atoms with van der Waals surface area (Å²) in [6.07, 6.45) is 0. The van der Waals surface area contributed by atoms with Crippen molar-refractivity contribution in [2.45, 2.75) is 13.8 Å². The standard InChI is InChI=1S/C18H11F5/c1-8-3-5-10-7-12(17(22)18(23)13(10)14(8)19)11-6-4-9(2)15(20)16(11)21/h3-7H,1-2H3. The molecule has 0 aliphatic carbocycles. The maximum atomic E-state index is 14.3. The number of aryl methyl sites for hydroxylation is 2. The van der Waals surface area contributed by atoms with E-state index in [4.69, 9.17) is 0 Å². The smallest absolute Gasteiger partial charge is 0.170 e. The van der Waals surface area contributed by atoms with Gasteiger partial charge in [0.05, 0.1) is 5.39 Å². The minimum atomic E-state index is -1.42. The van der Waals surface area contributed by atoms with Crippen LogP contribution >= 0.6 is 0 Å². The average Bonchev–Trinajstić information content (AvgIpc) is 2.52. The molecule has 3 aromatic rings. The molecule has 3 aromatic carbocycles. The monoisotopic (exact) mass is 322 g/mol. The van der Waals surface area contributed by atoms with Crippen LogP contribution in [0.3, 0.4) is 0 Å². The average molecular weight is 322 g/mol. The molecule has 118 valence electrons. The second-order valence-electron chi connectivity index (χ2n) is 5.40. The highest BCUT2D eigenvalue weighted by Gasteiger charge is 2.22. The molecule has 0 saturated carbocycles. The number of hydrogen-bond donors (Lipinski definition) is 0. The molecule has 23 heavy (non-hydrogen) atoms. The van der Waals surface area contributed by atoms with E-state index >= 15 is 0 Å². The van der Waals surface area contributed by atoms with Crippen LogP contribution in [0.25, 0.3) is 21.9 Å². The predicted octanol–water partition coefficient (Wildman–Crippen LogP) is 5.82. The largest absolute Gasteiger partial charge is 0.206 e. The van der Waals surface area contributed by atoms with E-state index in [1.807, 2.05) is 0 Å². The van der Waals surface area contributed by atoms with E-state index < -0.39 is 45.6 Å². The molecule has 0 saturated heterocycles. The molecule has 0 radical (unpaired) electrons. The summed E-state index contributed by atoms with van der Waals surface area (Å²) in [4.78, 5) is 0. The molecule has 0 aromatic heterocycles. The quantitative estimate of drug-likeness (QED) is 0.495. The van der Waals surface area contributed by atoms with Gasteiger partial charge in [-0.2, -0.15) is 0 Å². The van der Waals surface area contributed by atoms with Crippen LogP contribution in [0.5, 0.6) is 0 Å². The van der Waals surface area contributed by atoms with Crippen molar-refractivity contribution in [2.24, 2.45) is 0 Å². The third-order valence-electron chi connectivity index (χ3n) is 3.88.